The van der Waals surface area contributed by atoms with Gasteiger partial charge < -0.3 is 4.74 Å². The minimum atomic E-state index is -0.288. The molecular formula is C18H16O2S. The number of hydrogen-bond acceptors (Lipinski definition) is 3. The highest BCUT2D eigenvalue weighted by Crippen LogP contribution is 2.39. The minimum absolute atomic E-state index is 0.288. The van der Waals surface area contributed by atoms with E-state index in [9.17, 15) is 4.79 Å². The van der Waals surface area contributed by atoms with Crippen molar-refractivity contribution >= 4 is 23.3 Å². The van der Waals surface area contributed by atoms with Crippen molar-refractivity contribution in [3.8, 4) is 0 Å². The normalized spacial score (nSPS) is 15.0. The van der Waals surface area contributed by atoms with Gasteiger partial charge in [0.2, 0.25) is 0 Å². The number of hydrogen-bond donors (Lipinski definition) is 0. The van der Waals surface area contributed by atoms with Crippen molar-refractivity contribution in [1.29, 1.82) is 0 Å². The van der Waals surface area contributed by atoms with Crippen molar-refractivity contribution in [2.24, 2.45) is 0 Å². The van der Waals surface area contributed by atoms with Crippen LogP contribution in [0.2, 0.25) is 0 Å². The Morgan fingerprint density at radius 2 is 1.86 bits per heavy atom. The molecular weight excluding hydrogens is 280 g/mol. The zero-order valence-corrected chi connectivity index (χ0v) is 12.7. The van der Waals surface area contributed by atoms with Crippen LogP contribution in [0.25, 0.3) is 5.57 Å². The average Bonchev–Trinajstić information content (AvgIpc) is 2.66. The van der Waals surface area contributed by atoms with Crippen molar-refractivity contribution in [3.05, 3.63) is 71.3 Å². The number of fused-ring (bicyclic) bond motifs is 2. The fraction of sp³-hybridized carbons (Fsp3) is 0.167. The maximum absolute atomic E-state index is 11.9. The summed E-state index contributed by atoms with van der Waals surface area (Å²) in [5.41, 5.74) is 4.41. The summed E-state index contributed by atoms with van der Waals surface area (Å²) in [5, 5.41) is 0. The Hall–Kier alpha value is -2.00. The first-order valence-electron chi connectivity index (χ1n) is 6.98. The van der Waals surface area contributed by atoms with Gasteiger partial charge in [-0.2, -0.15) is 0 Å². The number of carbonyl (C=O) groups is 1. The summed E-state index contributed by atoms with van der Waals surface area (Å²) in [7, 11) is 0. The molecule has 0 unspecified atom stereocenters. The zero-order valence-electron chi connectivity index (χ0n) is 11.8. The smallest absolute Gasteiger partial charge is 0.331 e. The van der Waals surface area contributed by atoms with Crippen LogP contribution in [-0.4, -0.2) is 12.6 Å². The van der Waals surface area contributed by atoms with E-state index in [1.165, 1.54) is 10.5 Å². The lowest BCUT2D eigenvalue weighted by Crippen LogP contribution is -2.02. The predicted molar refractivity (Wildman–Crippen MR) is 86.2 cm³/mol. The van der Waals surface area contributed by atoms with Crippen LogP contribution in [0, 0.1) is 0 Å². The molecule has 1 heterocycles. The summed E-state index contributed by atoms with van der Waals surface area (Å²) >= 11 is 1.80. The van der Waals surface area contributed by atoms with Crippen molar-refractivity contribution < 1.29 is 9.53 Å². The highest BCUT2D eigenvalue weighted by Gasteiger charge is 2.19. The van der Waals surface area contributed by atoms with E-state index >= 15 is 0 Å². The molecule has 0 amide bonds. The number of carbonyl (C=O) groups excluding carboxylic acids is 1. The highest BCUT2D eigenvalue weighted by atomic mass is 32.2. The van der Waals surface area contributed by atoms with Crippen LogP contribution in [-0.2, 0) is 15.3 Å². The Bertz CT molecular complexity index is 654. The number of ether oxygens (including phenoxy) is 1. The van der Waals surface area contributed by atoms with Gasteiger partial charge in [0.05, 0.1) is 6.61 Å². The van der Waals surface area contributed by atoms with Crippen LogP contribution >= 0.6 is 11.8 Å². The van der Waals surface area contributed by atoms with Gasteiger partial charge in [0.25, 0.3) is 0 Å². The van der Waals surface area contributed by atoms with E-state index < -0.39 is 0 Å². The summed E-state index contributed by atoms with van der Waals surface area (Å²) in [4.78, 5) is 13.1. The third-order valence-corrected chi connectivity index (χ3v) is 4.54. The molecule has 3 rings (SSSR count). The second-order valence-corrected chi connectivity index (χ2v) is 5.77. The molecule has 21 heavy (non-hydrogen) atoms. The van der Waals surface area contributed by atoms with Gasteiger partial charge in [-0.1, -0.05) is 42.5 Å². The van der Waals surface area contributed by atoms with Crippen LogP contribution in [0.3, 0.4) is 0 Å². The molecule has 2 nitrogen and oxygen atoms in total. The average molecular weight is 296 g/mol. The lowest BCUT2D eigenvalue weighted by molar-refractivity contribution is -0.137. The number of esters is 1. The second-order valence-electron chi connectivity index (χ2n) is 4.75. The largest absolute Gasteiger partial charge is 0.463 e. The van der Waals surface area contributed by atoms with Gasteiger partial charge in [-0.05, 0) is 35.3 Å². The Morgan fingerprint density at radius 3 is 2.67 bits per heavy atom. The van der Waals surface area contributed by atoms with Crippen LogP contribution in [0.4, 0.5) is 0 Å². The summed E-state index contributed by atoms with van der Waals surface area (Å²) in [5.74, 6) is 0.622. The van der Waals surface area contributed by atoms with E-state index in [0.29, 0.717) is 6.61 Å². The molecule has 0 bridgehead atoms. The summed E-state index contributed by atoms with van der Waals surface area (Å²) in [6.07, 6.45) is 1.62. The molecule has 0 fully saturated rings. The van der Waals surface area contributed by atoms with Gasteiger partial charge >= 0.3 is 5.97 Å². The number of rotatable bonds is 2. The highest BCUT2D eigenvalue weighted by molar-refractivity contribution is 7.98. The third kappa shape index (κ3) is 2.88. The quantitative estimate of drug-likeness (QED) is 0.611. The van der Waals surface area contributed by atoms with Gasteiger partial charge in [-0.25, -0.2) is 4.79 Å². The van der Waals surface area contributed by atoms with E-state index in [2.05, 4.69) is 24.3 Å². The minimum Gasteiger partial charge on any atom is -0.463 e. The van der Waals surface area contributed by atoms with Gasteiger partial charge in [-0.15, -0.1) is 11.8 Å². The summed E-state index contributed by atoms with van der Waals surface area (Å²) < 4.78 is 5.09. The Labute approximate surface area is 128 Å². The molecule has 0 aromatic heterocycles. The molecule has 0 atom stereocenters. The lowest BCUT2D eigenvalue weighted by Gasteiger charge is -2.10. The van der Waals surface area contributed by atoms with Crippen molar-refractivity contribution in [2.75, 3.05) is 6.61 Å². The number of thioether (sulfide) groups is 1. The van der Waals surface area contributed by atoms with E-state index in [1.807, 2.05) is 31.2 Å². The van der Waals surface area contributed by atoms with Crippen LogP contribution < -0.4 is 0 Å². The van der Waals surface area contributed by atoms with Gasteiger partial charge in [0.1, 0.15) is 0 Å². The standard InChI is InChI=1S/C18H16O2S/c1-2-20-18(19)11-16-14-8-4-3-7-13(14)12-21-17-10-6-5-9-15(16)17/h3-11H,2,12H2,1H3/b16-11+. The third-order valence-electron chi connectivity index (χ3n) is 3.42. The molecule has 1 aliphatic rings. The van der Waals surface area contributed by atoms with E-state index in [0.717, 1.165) is 22.5 Å². The predicted octanol–water partition coefficient (Wildman–Crippen LogP) is 4.29. The Kier molecular flexibility index (Phi) is 4.11. The fourth-order valence-electron chi connectivity index (χ4n) is 2.48. The van der Waals surface area contributed by atoms with Gasteiger partial charge in [0.15, 0.2) is 0 Å². The van der Waals surface area contributed by atoms with E-state index in [-0.39, 0.29) is 5.97 Å². The van der Waals surface area contributed by atoms with Crippen LogP contribution in [0.5, 0.6) is 0 Å². The molecule has 0 saturated carbocycles. The molecule has 3 heteroatoms. The van der Waals surface area contributed by atoms with Gasteiger partial charge in [-0.3, -0.25) is 0 Å². The molecule has 0 N–H and O–H groups in total. The number of benzene rings is 2. The summed E-state index contributed by atoms with van der Waals surface area (Å²) in [6, 6.07) is 16.4. The van der Waals surface area contributed by atoms with Crippen LogP contribution in [0.15, 0.2) is 59.5 Å². The molecule has 0 saturated heterocycles. The van der Waals surface area contributed by atoms with Crippen molar-refractivity contribution in [3.63, 3.8) is 0 Å². The molecule has 0 aliphatic carbocycles. The van der Waals surface area contributed by atoms with Gasteiger partial charge in [0, 0.05) is 16.7 Å². The SMILES string of the molecule is CCOC(=O)/C=C1\c2ccccc2CSc2ccccc21. The van der Waals surface area contributed by atoms with E-state index in [1.54, 1.807) is 17.8 Å². The van der Waals surface area contributed by atoms with Crippen LogP contribution in [0.1, 0.15) is 23.6 Å². The van der Waals surface area contributed by atoms with E-state index in [4.69, 9.17) is 4.74 Å². The molecule has 2 aromatic carbocycles. The maximum atomic E-state index is 11.9. The summed E-state index contributed by atoms with van der Waals surface area (Å²) in [6.45, 7) is 2.21. The maximum Gasteiger partial charge on any atom is 0.331 e. The molecule has 0 radical (unpaired) electrons. The molecule has 106 valence electrons. The lowest BCUT2D eigenvalue weighted by atomic mass is 9.94. The first-order valence-corrected chi connectivity index (χ1v) is 7.97. The second kappa shape index (κ2) is 6.19. The Balaban J connectivity index is 2.18. The first kappa shape index (κ1) is 14.0. The molecule has 2 aromatic rings. The first-order chi connectivity index (χ1) is 10.3. The fourth-order valence-corrected chi connectivity index (χ4v) is 3.55. The topological polar surface area (TPSA) is 26.3 Å². The van der Waals surface area contributed by atoms with Crippen molar-refractivity contribution in [1.82, 2.24) is 0 Å². The Morgan fingerprint density at radius 1 is 1.14 bits per heavy atom. The molecule has 0 spiro atoms. The van der Waals surface area contributed by atoms with Crippen molar-refractivity contribution in [2.45, 2.75) is 17.6 Å². The monoisotopic (exact) mass is 296 g/mol. The molecule has 1 aliphatic heterocycles. The zero-order chi connectivity index (χ0) is 14.7.